The molecule has 0 N–H and O–H groups in total. The van der Waals surface area contributed by atoms with Gasteiger partial charge in [0, 0.05) is 49.7 Å². The summed E-state index contributed by atoms with van der Waals surface area (Å²) in [7, 11) is 0. The van der Waals surface area contributed by atoms with Crippen LogP contribution in [0.15, 0.2) is 247 Å². The third-order valence-corrected chi connectivity index (χ3v) is 13.2. The summed E-state index contributed by atoms with van der Waals surface area (Å²) in [5.74, 6) is 0. The number of benzene rings is 11. The van der Waals surface area contributed by atoms with Crippen molar-refractivity contribution in [3.05, 3.63) is 243 Å². The molecule has 3 heteroatoms. The van der Waals surface area contributed by atoms with Crippen LogP contribution in [-0.4, -0.2) is 4.57 Å². The van der Waals surface area contributed by atoms with E-state index in [9.17, 15) is 0 Å². The van der Waals surface area contributed by atoms with Gasteiger partial charge in [-0.05, 0) is 134 Å². The van der Waals surface area contributed by atoms with E-state index in [-0.39, 0.29) is 0 Å². The number of nitrogens with zero attached hydrogens (tertiary/aromatic N) is 2. The van der Waals surface area contributed by atoms with E-state index >= 15 is 0 Å². The first-order chi connectivity index (χ1) is 32.2. The van der Waals surface area contributed by atoms with Crippen LogP contribution < -0.4 is 4.90 Å². The Kier molecular flexibility index (Phi) is 8.53. The highest BCUT2D eigenvalue weighted by Gasteiger charge is 2.17. The van der Waals surface area contributed by atoms with Gasteiger partial charge in [-0.1, -0.05) is 158 Å². The molecule has 13 rings (SSSR count). The molecule has 11 aromatic carbocycles. The summed E-state index contributed by atoms with van der Waals surface area (Å²) >= 11 is 0. The molecular formula is C62H40N2O. The average molecular weight is 829 g/mol. The molecule has 0 bridgehead atoms. The predicted molar refractivity (Wildman–Crippen MR) is 274 cm³/mol. The van der Waals surface area contributed by atoms with Crippen molar-refractivity contribution in [1.82, 2.24) is 4.57 Å². The third-order valence-electron chi connectivity index (χ3n) is 13.2. The Morgan fingerprint density at radius 2 is 0.831 bits per heavy atom. The topological polar surface area (TPSA) is 21.3 Å². The van der Waals surface area contributed by atoms with Crippen LogP contribution >= 0.6 is 0 Å². The molecular weight excluding hydrogens is 789 g/mol. The lowest BCUT2D eigenvalue weighted by Gasteiger charge is -2.26. The van der Waals surface area contributed by atoms with E-state index < -0.39 is 0 Å². The minimum atomic E-state index is 0.894. The molecule has 0 amide bonds. The summed E-state index contributed by atoms with van der Waals surface area (Å²) in [6.45, 7) is 0. The highest BCUT2D eigenvalue weighted by molar-refractivity contribution is 6.15. The zero-order valence-corrected chi connectivity index (χ0v) is 35.4. The van der Waals surface area contributed by atoms with Gasteiger partial charge < -0.3 is 13.9 Å². The van der Waals surface area contributed by atoms with Crippen LogP contribution in [0, 0.1) is 0 Å². The zero-order valence-electron chi connectivity index (χ0n) is 35.4. The van der Waals surface area contributed by atoms with Gasteiger partial charge in [0.25, 0.3) is 0 Å². The number of hydrogen-bond acceptors (Lipinski definition) is 2. The maximum absolute atomic E-state index is 6.49. The number of para-hydroxylation sites is 2. The smallest absolute Gasteiger partial charge is 0.143 e. The molecule has 2 aromatic heterocycles. The Balaban J connectivity index is 0.897. The molecule has 304 valence electrons. The number of furan rings is 1. The van der Waals surface area contributed by atoms with Gasteiger partial charge in [0.2, 0.25) is 0 Å². The van der Waals surface area contributed by atoms with Crippen molar-refractivity contribution in [1.29, 1.82) is 0 Å². The molecule has 0 aliphatic rings. The minimum absolute atomic E-state index is 0.894. The molecule has 0 radical (unpaired) electrons. The van der Waals surface area contributed by atoms with Crippen LogP contribution in [0.2, 0.25) is 0 Å². The lowest BCUT2D eigenvalue weighted by molar-refractivity contribution is 0.672. The van der Waals surface area contributed by atoms with Crippen LogP contribution in [0.25, 0.3) is 104 Å². The molecule has 13 aromatic rings. The number of rotatable bonds is 7. The van der Waals surface area contributed by atoms with E-state index in [1.165, 1.54) is 54.7 Å². The second-order valence-electron chi connectivity index (χ2n) is 16.9. The van der Waals surface area contributed by atoms with Gasteiger partial charge in [-0.2, -0.15) is 0 Å². The van der Waals surface area contributed by atoms with Crippen LogP contribution in [0.4, 0.5) is 17.1 Å². The largest absolute Gasteiger partial charge is 0.455 e. The summed E-state index contributed by atoms with van der Waals surface area (Å²) in [6.07, 6.45) is 0. The van der Waals surface area contributed by atoms with Crippen molar-refractivity contribution in [2.75, 3.05) is 4.90 Å². The molecule has 0 saturated heterocycles. The van der Waals surface area contributed by atoms with E-state index in [0.29, 0.717) is 0 Å². The van der Waals surface area contributed by atoms with Gasteiger partial charge in [-0.3, -0.25) is 0 Å². The molecule has 0 atom stereocenters. The van der Waals surface area contributed by atoms with E-state index in [2.05, 4.69) is 252 Å². The summed E-state index contributed by atoms with van der Waals surface area (Å²) in [4.78, 5) is 2.36. The fraction of sp³-hybridized carbons (Fsp3) is 0. The first kappa shape index (κ1) is 36.9. The van der Waals surface area contributed by atoms with Gasteiger partial charge in [-0.15, -0.1) is 0 Å². The number of aromatic nitrogens is 1. The minimum Gasteiger partial charge on any atom is -0.455 e. The second-order valence-corrected chi connectivity index (χ2v) is 16.9. The Labute approximate surface area is 376 Å². The zero-order chi connectivity index (χ0) is 42.8. The summed E-state index contributed by atoms with van der Waals surface area (Å²) in [5.41, 5.74) is 15.6. The normalized spacial score (nSPS) is 11.7. The van der Waals surface area contributed by atoms with Crippen LogP contribution in [0.1, 0.15) is 0 Å². The van der Waals surface area contributed by atoms with E-state index in [4.69, 9.17) is 4.42 Å². The highest BCUT2D eigenvalue weighted by Crippen LogP contribution is 2.41. The van der Waals surface area contributed by atoms with E-state index in [0.717, 1.165) is 66.8 Å². The Bertz CT molecular complexity index is 3900. The fourth-order valence-electron chi connectivity index (χ4n) is 9.96. The van der Waals surface area contributed by atoms with Gasteiger partial charge >= 0.3 is 0 Å². The monoisotopic (exact) mass is 828 g/mol. The number of hydrogen-bond donors (Lipinski definition) is 0. The maximum Gasteiger partial charge on any atom is 0.143 e. The van der Waals surface area contributed by atoms with Crippen molar-refractivity contribution >= 4 is 82.4 Å². The summed E-state index contributed by atoms with van der Waals surface area (Å²) < 4.78 is 8.87. The van der Waals surface area contributed by atoms with Crippen LogP contribution in [0.5, 0.6) is 0 Å². The van der Waals surface area contributed by atoms with Gasteiger partial charge in [0.1, 0.15) is 11.2 Å². The van der Waals surface area contributed by atoms with Gasteiger partial charge in [0.15, 0.2) is 0 Å². The third kappa shape index (κ3) is 6.28. The highest BCUT2D eigenvalue weighted by atomic mass is 16.3. The maximum atomic E-state index is 6.49. The molecule has 0 saturated carbocycles. The molecule has 0 fully saturated rings. The molecule has 2 heterocycles. The lowest BCUT2D eigenvalue weighted by Crippen LogP contribution is -2.10. The van der Waals surface area contributed by atoms with Gasteiger partial charge in [0.05, 0.1) is 11.0 Å². The van der Waals surface area contributed by atoms with Crippen molar-refractivity contribution in [2.45, 2.75) is 0 Å². The van der Waals surface area contributed by atoms with Crippen LogP contribution in [0.3, 0.4) is 0 Å². The first-order valence-electron chi connectivity index (χ1n) is 22.2. The lowest BCUT2D eigenvalue weighted by atomic mass is 9.99. The van der Waals surface area contributed by atoms with E-state index in [1.807, 2.05) is 0 Å². The molecule has 65 heavy (non-hydrogen) atoms. The molecule has 0 spiro atoms. The molecule has 0 unspecified atom stereocenters. The fourth-order valence-corrected chi connectivity index (χ4v) is 9.96. The Morgan fingerprint density at radius 3 is 1.55 bits per heavy atom. The standard InChI is InChI=1S/C62H40N2O/c1-2-13-45-37-48(24-23-41(45)11-1)43-27-33-51(34-28-43)63(52-16-10-15-47(39-52)49-30-36-61-58(40-49)57-35-29-44-12-3-4-18-54(44)62(57)65-61)50-31-25-42(26-32-50)46-14-9-17-53(38-46)64-59-21-7-5-19-55(59)56-20-6-8-22-60(56)64/h1-40H. The molecule has 0 aliphatic carbocycles. The summed E-state index contributed by atoms with van der Waals surface area (Å²) in [6, 6.07) is 87.8. The van der Waals surface area contributed by atoms with Crippen LogP contribution in [-0.2, 0) is 0 Å². The first-order valence-corrected chi connectivity index (χ1v) is 22.2. The number of anilines is 3. The van der Waals surface area contributed by atoms with Crippen molar-refractivity contribution in [3.8, 4) is 39.1 Å². The molecule has 0 aliphatic heterocycles. The SMILES string of the molecule is c1cc(-c2ccc3oc4c5ccccc5ccc4c3c2)cc(N(c2ccc(-c3cccc(-n4c5ccccc5c5ccccc54)c3)cc2)c2ccc(-c3ccc4ccccc4c3)cc2)c1. The van der Waals surface area contributed by atoms with Crippen molar-refractivity contribution in [3.63, 3.8) is 0 Å². The summed E-state index contributed by atoms with van der Waals surface area (Å²) in [5, 5.41) is 9.57. The predicted octanol–water partition coefficient (Wildman–Crippen LogP) is 17.5. The van der Waals surface area contributed by atoms with E-state index in [1.54, 1.807) is 0 Å². The Morgan fingerprint density at radius 1 is 0.292 bits per heavy atom. The molecule has 3 nitrogen and oxygen atoms in total. The number of fused-ring (bicyclic) bond motifs is 9. The van der Waals surface area contributed by atoms with Crippen molar-refractivity contribution in [2.24, 2.45) is 0 Å². The van der Waals surface area contributed by atoms with Gasteiger partial charge in [-0.25, -0.2) is 0 Å². The Hall–Kier alpha value is -8.66. The quantitative estimate of drug-likeness (QED) is 0.160. The average Bonchev–Trinajstić information content (AvgIpc) is 3.93. The second kappa shape index (κ2) is 15.0. The van der Waals surface area contributed by atoms with Crippen molar-refractivity contribution < 1.29 is 4.42 Å².